The number of nitrogens with one attached hydrogen (secondary N) is 1. The number of aryl methyl sites for hydroxylation is 1. The van der Waals surface area contributed by atoms with Crippen molar-refractivity contribution >= 4 is 28.8 Å². The van der Waals surface area contributed by atoms with E-state index in [-0.39, 0.29) is 5.91 Å². The molecule has 6 heteroatoms. The number of ether oxygens (including phenoxy) is 1. The number of hydrogen-bond donors (Lipinski definition) is 1. The summed E-state index contributed by atoms with van der Waals surface area (Å²) in [4.78, 5) is 16.9. The number of methoxy groups -OCH3 is 1. The van der Waals surface area contributed by atoms with E-state index in [4.69, 9.17) is 16.3 Å². The molecule has 1 N–H and O–H groups in total. The number of nitrogens with zero attached hydrogens (tertiary/aromatic N) is 2. The Morgan fingerprint density at radius 3 is 2.64 bits per heavy atom. The summed E-state index contributed by atoms with van der Waals surface area (Å²) in [6.45, 7) is 1.80. The van der Waals surface area contributed by atoms with Crippen molar-refractivity contribution in [1.29, 1.82) is 0 Å². The molecule has 0 saturated carbocycles. The summed E-state index contributed by atoms with van der Waals surface area (Å²) >= 11 is 6.00. The van der Waals surface area contributed by atoms with Gasteiger partial charge in [0.05, 0.1) is 17.8 Å². The van der Waals surface area contributed by atoms with E-state index in [9.17, 15) is 4.79 Å². The average Bonchev–Trinajstić information content (AvgIpc) is 2.83. The Hall–Kier alpha value is -2.53. The number of carbonyl (C=O) groups excluding carboxylic acids is 1. The van der Waals surface area contributed by atoms with Crippen LogP contribution in [-0.4, -0.2) is 22.4 Å². The Labute approximate surface area is 132 Å². The maximum atomic E-state index is 12.5. The molecule has 1 amide bonds. The van der Waals surface area contributed by atoms with Crippen LogP contribution in [0.3, 0.4) is 0 Å². The van der Waals surface area contributed by atoms with Crippen LogP contribution in [0.4, 0.5) is 5.69 Å². The minimum Gasteiger partial charge on any atom is -0.497 e. The summed E-state index contributed by atoms with van der Waals surface area (Å²) in [7, 11) is 1.60. The Morgan fingerprint density at radius 1 is 1.23 bits per heavy atom. The monoisotopic (exact) mass is 315 g/mol. The maximum absolute atomic E-state index is 12.5. The van der Waals surface area contributed by atoms with Crippen molar-refractivity contribution in [3.05, 3.63) is 59.0 Å². The molecule has 3 rings (SSSR count). The second-order valence-corrected chi connectivity index (χ2v) is 5.24. The summed E-state index contributed by atoms with van der Waals surface area (Å²) in [6.07, 6.45) is 1.68. The molecule has 5 nitrogen and oxygen atoms in total. The molecular weight excluding hydrogens is 302 g/mol. The second kappa shape index (κ2) is 5.69. The predicted octanol–water partition coefficient (Wildman–Crippen LogP) is 3.56. The van der Waals surface area contributed by atoms with Crippen LogP contribution in [0.1, 0.15) is 16.2 Å². The summed E-state index contributed by atoms with van der Waals surface area (Å²) in [6, 6.07) is 10.7. The molecule has 112 valence electrons. The molecule has 0 fully saturated rings. The number of fused-ring (bicyclic) bond motifs is 1. The number of halogens is 1. The first-order valence-corrected chi connectivity index (χ1v) is 7.06. The van der Waals surface area contributed by atoms with Crippen molar-refractivity contribution in [2.24, 2.45) is 0 Å². The van der Waals surface area contributed by atoms with E-state index in [1.54, 1.807) is 61.0 Å². The smallest absolute Gasteiger partial charge is 0.274 e. The molecular formula is C16H14ClN3O2. The van der Waals surface area contributed by atoms with Crippen LogP contribution in [0.25, 0.3) is 5.65 Å². The van der Waals surface area contributed by atoms with Crippen molar-refractivity contribution in [3.8, 4) is 5.75 Å². The van der Waals surface area contributed by atoms with Gasteiger partial charge in [-0.05, 0) is 43.3 Å². The third-order valence-corrected chi connectivity index (χ3v) is 3.54. The van der Waals surface area contributed by atoms with Crippen LogP contribution in [0.15, 0.2) is 42.6 Å². The molecule has 0 unspecified atom stereocenters. The normalized spacial score (nSPS) is 10.7. The van der Waals surface area contributed by atoms with E-state index in [1.807, 2.05) is 0 Å². The Kier molecular flexibility index (Phi) is 3.73. The summed E-state index contributed by atoms with van der Waals surface area (Å²) in [5.74, 6) is 0.494. The molecule has 0 atom stereocenters. The molecule has 0 spiro atoms. The minimum absolute atomic E-state index is 0.238. The van der Waals surface area contributed by atoms with E-state index < -0.39 is 0 Å². The van der Waals surface area contributed by atoms with Crippen LogP contribution in [0.5, 0.6) is 5.75 Å². The van der Waals surface area contributed by atoms with Crippen LogP contribution in [0.2, 0.25) is 5.02 Å². The number of carbonyl (C=O) groups is 1. The van der Waals surface area contributed by atoms with E-state index >= 15 is 0 Å². The van der Waals surface area contributed by atoms with Gasteiger partial charge < -0.3 is 10.1 Å². The number of hydrogen-bond acceptors (Lipinski definition) is 3. The van der Waals surface area contributed by atoms with Gasteiger partial charge >= 0.3 is 0 Å². The lowest BCUT2D eigenvalue weighted by Gasteiger charge is -2.07. The molecule has 22 heavy (non-hydrogen) atoms. The molecule has 0 radical (unpaired) electrons. The number of anilines is 1. The first kappa shape index (κ1) is 14.4. The highest BCUT2D eigenvalue weighted by molar-refractivity contribution is 6.30. The highest BCUT2D eigenvalue weighted by Crippen LogP contribution is 2.19. The molecule has 1 aromatic carbocycles. The molecule has 2 heterocycles. The van der Waals surface area contributed by atoms with Gasteiger partial charge in [0.25, 0.3) is 5.91 Å². The van der Waals surface area contributed by atoms with Gasteiger partial charge in [-0.3, -0.25) is 9.20 Å². The maximum Gasteiger partial charge on any atom is 0.274 e. The van der Waals surface area contributed by atoms with Crippen LogP contribution < -0.4 is 10.1 Å². The van der Waals surface area contributed by atoms with E-state index in [1.165, 1.54) is 0 Å². The van der Waals surface area contributed by atoms with Gasteiger partial charge in [-0.15, -0.1) is 0 Å². The standard InChI is InChI=1S/C16H14ClN3O2/c1-10-15(20-9-11(17)3-8-14(20)18-10)16(21)19-12-4-6-13(22-2)7-5-12/h3-9H,1-2H3,(H,19,21). The van der Waals surface area contributed by atoms with Gasteiger partial charge in [0, 0.05) is 11.9 Å². The van der Waals surface area contributed by atoms with Gasteiger partial charge in [0.1, 0.15) is 17.1 Å². The van der Waals surface area contributed by atoms with Crippen molar-refractivity contribution in [3.63, 3.8) is 0 Å². The zero-order chi connectivity index (χ0) is 15.7. The van der Waals surface area contributed by atoms with Crippen molar-refractivity contribution in [1.82, 2.24) is 9.38 Å². The Morgan fingerprint density at radius 2 is 1.95 bits per heavy atom. The van der Waals surface area contributed by atoms with E-state index in [2.05, 4.69) is 10.3 Å². The molecule has 0 bridgehead atoms. The molecule has 2 aromatic heterocycles. The number of rotatable bonds is 3. The first-order valence-electron chi connectivity index (χ1n) is 6.68. The average molecular weight is 316 g/mol. The third kappa shape index (κ3) is 2.63. The van der Waals surface area contributed by atoms with Crippen LogP contribution in [0, 0.1) is 6.92 Å². The molecule has 3 aromatic rings. The lowest BCUT2D eigenvalue weighted by molar-refractivity contribution is 0.102. The number of amides is 1. The fourth-order valence-electron chi connectivity index (χ4n) is 2.27. The van der Waals surface area contributed by atoms with Gasteiger partial charge in [-0.2, -0.15) is 0 Å². The summed E-state index contributed by atoms with van der Waals surface area (Å²) in [5, 5.41) is 3.39. The quantitative estimate of drug-likeness (QED) is 0.804. The third-order valence-electron chi connectivity index (χ3n) is 3.32. The number of pyridine rings is 1. The van der Waals surface area contributed by atoms with Gasteiger partial charge in [-0.1, -0.05) is 11.6 Å². The zero-order valence-electron chi connectivity index (χ0n) is 12.1. The van der Waals surface area contributed by atoms with E-state index in [0.717, 1.165) is 5.75 Å². The van der Waals surface area contributed by atoms with E-state index in [0.29, 0.717) is 27.7 Å². The predicted molar refractivity (Wildman–Crippen MR) is 85.9 cm³/mol. The Balaban J connectivity index is 1.94. The van der Waals surface area contributed by atoms with Gasteiger partial charge in [0.2, 0.25) is 0 Å². The zero-order valence-corrected chi connectivity index (χ0v) is 12.9. The summed E-state index contributed by atoms with van der Waals surface area (Å²) < 4.78 is 6.79. The lowest BCUT2D eigenvalue weighted by Crippen LogP contribution is -2.15. The summed E-state index contributed by atoms with van der Waals surface area (Å²) in [5.41, 5.74) is 2.48. The molecule has 0 aliphatic heterocycles. The van der Waals surface area contributed by atoms with Gasteiger partial charge in [0.15, 0.2) is 0 Å². The Bertz CT molecular complexity index is 840. The highest BCUT2D eigenvalue weighted by atomic mass is 35.5. The van der Waals surface area contributed by atoms with Crippen LogP contribution >= 0.6 is 11.6 Å². The van der Waals surface area contributed by atoms with Gasteiger partial charge in [-0.25, -0.2) is 4.98 Å². The number of aromatic nitrogens is 2. The molecule has 0 aliphatic rings. The van der Waals surface area contributed by atoms with Crippen molar-refractivity contribution in [2.75, 3.05) is 12.4 Å². The van der Waals surface area contributed by atoms with Crippen LogP contribution in [-0.2, 0) is 0 Å². The van der Waals surface area contributed by atoms with Crippen molar-refractivity contribution < 1.29 is 9.53 Å². The lowest BCUT2D eigenvalue weighted by atomic mass is 10.2. The minimum atomic E-state index is -0.238. The topological polar surface area (TPSA) is 55.6 Å². The fourth-order valence-corrected chi connectivity index (χ4v) is 2.44. The highest BCUT2D eigenvalue weighted by Gasteiger charge is 2.17. The second-order valence-electron chi connectivity index (χ2n) is 4.80. The molecule has 0 aliphatic carbocycles. The number of imidazole rings is 1. The largest absolute Gasteiger partial charge is 0.497 e. The fraction of sp³-hybridized carbons (Fsp3) is 0.125. The molecule has 0 saturated heterocycles. The van der Waals surface area contributed by atoms with Crippen molar-refractivity contribution in [2.45, 2.75) is 6.92 Å². The SMILES string of the molecule is COc1ccc(NC(=O)c2c(C)nc3ccc(Cl)cn23)cc1. The first-order chi connectivity index (χ1) is 10.6. The number of benzene rings is 1.